The molecular formula is C14H20N2O3S2. The van der Waals surface area contributed by atoms with E-state index in [4.69, 9.17) is 0 Å². The summed E-state index contributed by atoms with van der Waals surface area (Å²) in [6, 6.07) is -0.129. The maximum absolute atomic E-state index is 12.8. The van der Waals surface area contributed by atoms with Crippen LogP contribution in [-0.2, 0) is 27.5 Å². The van der Waals surface area contributed by atoms with Crippen molar-refractivity contribution < 1.29 is 13.2 Å². The Morgan fingerprint density at radius 3 is 2.95 bits per heavy atom. The monoisotopic (exact) mass is 328 g/mol. The van der Waals surface area contributed by atoms with Crippen molar-refractivity contribution in [1.29, 1.82) is 0 Å². The number of rotatable bonds is 3. The fourth-order valence-corrected chi connectivity index (χ4v) is 5.99. The van der Waals surface area contributed by atoms with E-state index in [0.29, 0.717) is 13.0 Å². The molecule has 0 aromatic carbocycles. The van der Waals surface area contributed by atoms with E-state index in [1.165, 1.54) is 4.88 Å². The predicted octanol–water partition coefficient (Wildman–Crippen LogP) is 1.28. The molecule has 1 saturated heterocycles. The topological polar surface area (TPSA) is 67.3 Å². The van der Waals surface area contributed by atoms with Gasteiger partial charge in [0.25, 0.3) is 0 Å². The van der Waals surface area contributed by atoms with Crippen LogP contribution in [0.15, 0.2) is 5.51 Å². The van der Waals surface area contributed by atoms with Gasteiger partial charge in [-0.1, -0.05) is 0 Å². The molecule has 1 aromatic heterocycles. The SMILES string of the molecule is CCN(C(=O)C1CCc2ncsc2C1)C1CCS(=O)(=O)C1. The second-order valence-electron chi connectivity index (χ2n) is 5.84. The van der Waals surface area contributed by atoms with Crippen LogP contribution in [0.3, 0.4) is 0 Å². The standard InChI is InChI=1S/C14H20N2O3S2/c1-2-16(11-5-6-21(18,19)8-11)14(17)10-3-4-12-13(7-10)20-9-15-12/h9-11H,2-8H2,1H3. The minimum Gasteiger partial charge on any atom is -0.339 e. The van der Waals surface area contributed by atoms with E-state index in [9.17, 15) is 13.2 Å². The Labute approximate surface area is 129 Å². The number of carbonyl (C=O) groups is 1. The molecule has 0 radical (unpaired) electrons. The van der Waals surface area contributed by atoms with Crippen LogP contribution in [0.4, 0.5) is 0 Å². The predicted molar refractivity (Wildman–Crippen MR) is 82.1 cm³/mol. The number of thiazole rings is 1. The third-order valence-corrected chi connectivity index (χ3v) is 7.16. The van der Waals surface area contributed by atoms with Gasteiger partial charge in [-0.3, -0.25) is 4.79 Å². The van der Waals surface area contributed by atoms with Crippen molar-refractivity contribution in [2.75, 3.05) is 18.1 Å². The van der Waals surface area contributed by atoms with Gasteiger partial charge in [-0.2, -0.15) is 0 Å². The molecule has 3 rings (SSSR count). The minimum absolute atomic E-state index is 0.0128. The van der Waals surface area contributed by atoms with Crippen LogP contribution >= 0.6 is 11.3 Å². The fraction of sp³-hybridized carbons (Fsp3) is 0.714. The summed E-state index contributed by atoms with van der Waals surface area (Å²) in [4.78, 5) is 20.1. The van der Waals surface area contributed by atoms with Crippen LogP contribution in [-0.4, -0.2) is 48.3 Å². The first-order valence-electron chi connectivity index (χ1n) is 7.42. The van der Waals surface area contributed by atoms with Gasteiger partial charge in [-0.05, 0) is 32.6 Å². The van der Waals surface area contributed by atoms with Crippen molar-refractivity contribution in [2.24, 2.45) is 5.92 Å². The summed E-state index contributed by atoms with van der Waals surface area (Å²) in [6.45, 7) is 2.52. The van der Waals surface area contributed by atoms with Gasteiger partial charge in [0.05, 0.1) is 22.7 Å². The van der Waals surface area contributed by atoms with Crippen molar-refractivity contribution in [3.05, 3.63) is 16.1 Å². The maximum Gasteiger partial charge on any atom is 0.226 e. The second-order valence-corrected chi connectivity index (χ2v) is 9.01. The molecule has 21 heavy (non-hydrogen) atoms. The zero-order valence-corrected chi connectivity index (χ0v) is 13.8. The van der Waals surface area contributed by atoms with E-state index in [-0.39, 0.29) is 29.4 Å². The van der Waals surface area contributed by atoms with E-state index in [0.717, 1.165) is 25.0 Å². The quantitative estimate of drug-likeness (QED) is 0.838. The largest absolute Gasteiger partial charge is 0.339 e. The summed E-state index contributed by atoms with van der Waals surface area (Å²) in [5.41, 5.74) is 2.98. The van der Waals surface area contributed by atoms with Crippen molar-refractivity contribution in [3.8, 4) is 0 Å². The third kappa shape index (κ3) is 2.99. The lowest BCUT2D eigenvalue weighted by atomic mass is 9.89. The highest BCUT2D eigenvalue weighted by atomic mass is 32.2. The van der Waals surface area contributed by atoms with Crippen molar-refractivity contribution in [1.82, 2.24) is 9.88 Å². The summed E-state index contributed by atoms with van der Waals surface area (Å²) < 4.78 is 23.3. The van der Waals surface area contributed by atoms with Crippen LogP contribution in [0, 0.1) is 5.92 Å². The molecule has 2 unspecified atom stereocenters. The highest BCUT2D eigenvalue weighted by Crippen LogP contribution is 2.30. The zero-order chi connectivity index (χ0) is 15.0. The van der Waals surface area contributed by atoms with Gasteiger partial charge in [-0.15, -0.1) is 11.3 Å². The summed E-state index contributed by atoms with van der Waals surface area (Å²) in [5, 5.41) is 0. The van der Waals surface area contributed by atoms with E-state index in [1.54, 1.807) is 16.2 Å². The molecule has 5 nitrogen and oxygen atoms in total. The zero-order valence-electron chi connectivity index (χ0n) is 12.1. The molecule has 0 N–H and O–H groups in total. The summed E-state index contributed by atoms with van der Waals surface area (Å²) >= 11 is 1.62. The van der Waals surface area contributed by atoms with Crippen LogP contribution in [0.5, 0.6) is 0 Å². The lowest BCUT2D eigenvalue weighted by Crippen LogP contribution is -2.45. The molecule has 1 fully saturated rings. The molecule has 0 spiro atoms. The maximum atomic E-state index is 12.8. The first kappa shape index (κ1) is 15.0. The highest BCUT2D eigenvalue weighted by Gasteiger charge is 2.37. The molecule has 116 valence electrons. The fourth-order valence-electron chi connectivity index (χ4n) is 3.36. The number of amides is 1. The number of hydrogen-bond acceptors (Lipinski definition) is 5. The molecule has 2 atom stereocenters. The number of sulfone groups is 1. The molecular weight excluding hydrogens is 308 g/mol. The van der Waals surface area contributed by atoms with E-state index >= 15 is 0 Å². The normalized spacial score (nSPS) is 27.3. The van der Waals surface area contributed by atoms with Gasteiger partial charge >= 0.3 is 0 Å². The number of fused-ring (bicyclic) bond motifs is 1. The molecule has 1 amide bonds. The Morgan fingerprint density at radius 1 is 1.48 bits per heavy atom. The van der Waals surface area contributed by atoms with Crippen molar-refractivity contribution in [3.63, 3.8) is 0 Å². The summed E-state index contributed by atoms with van der Waals surface area (Å²) in [6.07, 6.45) is 3.02. The Morgan fingerprint density at radius 2 is 2.29 bits per heavy atom. The number of aryl methyl sites for hydroxylation is 1. The van der Waals surface area contributed by atoms with Gasteiger partial charge in [0.15, 0.2) is 9.84 Å². The van der Waals surface area contributed by atoms with Crippen LogP contribution < -0.4 is 0 Å². The van der Waals surface area contributed by atoms with Gasteiger partial charge < -0.3 is 4.90 Å². The lowest BCUT2D eigenvalue weighted by Gasteiger charge is -2.32. The van der Waals surface area contributed by atoms with Gasteiger partial charge in [0, 0.05) is 23.4 Å². The summed E-state index contributed by atoms with van der Waals surface area (Å²) in [7, 11) is -2.96. The van der Waals surface area contributed by atoms with Crippen molar-refractivity contribution in [2.45, 2.75) is 38.6 Å². The number of nitrogens with zero attached hydrogens (tertiary/aromatic N) is 2. The van der Waals surface area contributed by atoms with Crippen molar-refractivity contribution >= 4 is 27.1 Å². The van der Waals surface area contributed by atoms with Gasteiger partial charge in [0.1, 0.15) is 0 Å². The number of aromatic nitrogens is 1. The molecule has 2 heterocycles. The molecule has 0 bridgehead atoms. The molecule has 1 aliphatic heterocycles. The number of hydrogen-bond donors (Lipinski definition) is 0. The average molecular weight is 328 g/mol. The van der Waals surface area contributed by atoms with Gasteiger partial charge in [-0.25, -0.2) is 13.4 Å². The summed E-state index contributed by atoms with van der Waals surface area (Å²) in [5.74, 6) is 0.454. The number of carbonyl (C=O) groups excluding carboxylic acids is 1. The van der Waals surface area contributed by atoms with E-state index in [2.05, 4.69) is 4.98 Å². The highest BCUT2D eigenvalue weighted by molar-refractivity contribution is 7.91. The van der Waals surface area contributed by atoms with E-state index < -0.39 is 9.84 Å². The molecule has 7 heteroatoms. The molecule has 0 saturated carbocycles. The Kier molecular flexibility index (Phi) is 4.05. The van der Waals surface area contributed by atoms with E-state index in [1.807, 2.05) is 12.4 Å². The second kappa shape index (κ2) is 5.68. The lowest BCUT2D eigenvalue weighted by molar-refractivity contribution is -0.137. The minimum atomic E-state index is -2.96. The van der Waals surface area contributed by atoms with Gasteiger partial charge in [0.2, 0.25) is 5.91 Å². The molecule has 1 aliphatic carbocycles. The Hall–Kier alpha value is -0.950. The van der Waals surface area contributed by atoms with Crippen LogP contribution in [0.25, 0.3) is 0 Å². The molecule has 2 aliphatic rings. The Bertz CT molecular complexity index is 638. The Balaban J connectivity index is 1.72. The third-order valence-electron chi connectivity index (χ3n) is 4.51. The van der Waals surface area contributed by atoms with Crippen LogP contribution in [0.1, 0.15) is 30.3 Å². The first-order chi connectivity index (χ1) is 10.00. The molecule has 1 aromatic rings. The van der Waals surface area contributed by atoms with Crippen LogP contribution in [0.2, 0.25) is 0 Å². The average Bonchev–Trinajstić information content (AvgIpc) is 3.05. The first-order valence-corrected chi connectivity index (χ1v) is 10.1. The smallest absolute Gasteiger partial charge is 0.226 e.